The summed E-state index contributed by atoms with van der Waals surface area (Å²) in [4.78, 5) is 0.321. The maximum atomic E-state index is 5.76. The molecule has 0 saturated heterocycles. The third-order valence-corrected chi connectivity index (χ3v) is 3.56. The fraction of sp³-hybridized carbons (Fsp3) is 0.133. The van der Waals surface area contributed by atoms with E-state index in [-0.39, 0.29) is 0 Å². The van der Waals surface area contributed by atoms with Gasteiger partial charge in [-0.1, -0.05) is 28.1 Å². The van der Waals surface area contributed by atoms with Crippen LogP contribution in [0.3, 0.4) is 0 Å². The minimum atomic E-state index is 0.321. The number of hydrogen-bond donors (Lipinski definition) is 2. The third-order valence-electron chi connectivity index (χ3n) is 2.88. The molecule has 4 nitrogen and oxygen atoms in total. The van der Waals surface area contributed by atoms with E-state index < -0.39 is 0 Å². The van der Waals surface area contributed by atoms with Crippen LogP contribution < -0.4 is 20.5 Å². The first-order valence-electron chi connectivity index (χ1n) is 6.13. The zero-order valence-electron chi connectivity index (χ0n) is 11.6. The summed E-state index contributed by atoms with van der Waals surface area (Å²) >= 11 is 8.53. The lowest BCUT2D eigenvalue weighted by Crippen LogP contribution is -2.12. The molecule has 3 N–H and O–H groups in total. The number of benzene rings is 2. The molecular weight excluding hydrogens is 352 g/mol. The summed E-state index contributed by atoms with van der Waals surface area (Å²) in [6, 6.07) is 11.2. The maximum Gasteiger partial charge on any atom is 0.122 e. The number of halogens is 1. The summed E-state index contributed by atoms with van der Waals surface area (Å²) in [5.41, 5.74) is 8.15. The second-order valence-electron chi connectivity index (χ2n) is 4.28. The highest BCUT2D eigenvalue weighted by Crippen LogP contribution is 2.30. The molecule has 0 radical (unpaired) electrons. The molecule has 110 valence electrons. The Bertz CT molecular complexity index is 677. The van der Waals surface area contributed by atoms with Crippen LogP contribution >= 0.6 is 28.1 Å². The minimum Gasteiger partial charge on any atom is -0.497 e. The van der Waals surface area contributed by atoms with Gasteiger partial charge in [0.1, 0.15) is 16.5 Å². The molecule has 6 heteroatoms. The number of hydrogen-bond acceptors (Lipinski definition) is 4. The second kappa shape index (κ2) is 6.78. The lowest BCUT2D eigenvalue weighted by atomic mass is 10.1. The Balaban J connectivity index is 2.42. The number of ether oxygens (including phenoxy) is 2. The van der Waals surface area contributed by atoms with Crippen molar-refractivity contribution in [1.29, 1.82) is 0 Å². The number of rotatable bonds is 5. The molecule has 0 amide bonds. The minimum absolute atomic E-state index is 0.321. The smallest absolute Gasteiger partial charge is 0.122 e. The monoisotopic (exact) mass is 366 g/mol. The number of anilines is 2. The van der Waals surface area contributed by atoms with Crippen molar-refractivity contribution in [3.05, 3.63) is 46.4 Å². The lowest BCUT2D eigenvalue weighted by molar-refractivity contribution is 0.414. The first kappa shape index (κ1) is 15.6. The van der Waals surface area contributed by atoms with Crippen LogP contribution in [0.25, 0.3) is 0 Å². The van der Waals surface area contributed by atoms with Crippen molar-refractivity contribution < 1.29 is 9.47 Å². The van der Waals surface area contributed by atoms with Gasteiger partial charge in [-0.25, -0.2) is 0 Å². The Morgan fingerprint density at radius 3 is 2.43 bits per heavy atom. The van der Waals surface area contributed by atoms with Gasteiger partial charge in [0.25, 0.3) is 0 Å². The van der Waals surface area contributed by atoms with Gasteiger partial charge in [0.2, 0.25) is 0 Å². The standard InChI is InChI=1S/C15H15BrN2O2S/c1-19-11-3-4-13(15(17)21)14(8-11)18-10-5-9(16)6-12(7-10)20-2/h3-8,18H,1-2H3,(H2,17,21). The van der Waals surface area contributed by atoms with Crippen molar-refractivity contribution in [1.82, 2.24) is 0 Å². The second-order valence-corrected chi connectivity index (χ2v) is 5.64. The molecule has 0 aliphatic carbocycles. The van der Waals surface area contributed by atoms with Crippen LogP contribution in [-0.4, -0.2) is 19.2 Å². The van der Waals surface area contributed by atoms with Crippen molar-refractivity contribution in [2.24, 2.45) is 5.73 Å². The molecule has 0 atom stereocenters. The van der Waals surface area contributed by atoms with E-state index in [2.05, 4.69) is 21.2 Å². The largest absolute Gasteiger partial charge is 0.497 e. The number of nitrogens with one attached hydrogen (secondary N) is 1. The average Bonchev–Trinajstić information content (AvgIpc) is 2.46. The van der Waals surface area contributed by atoms with Crippen LogP contribution in [0.2, 0.25) is 0 Å². The third kappa shape index (κ3) is 3.86. The Morgan fingerprint density at radius 2 is 1.81 bits per heavy atom. The van der Waals surface area contributed by atoms with Gasteiger partial charge in [-0.15, -0.1) is 0 Å². The fourth-order valence-corrected chi connectivity index (χ4v) is 2.53. The molecule has 0 aromatic heterocycles. The molecule has 0 aliphatic heterocycles. The molecule has 0 unspecified atom stereocenters. The van der Waals surface area contributed by atoms with Crippen molar-refractivity contribution in [3.63, 3.8) is 0 Å². The Morgan fingerprint density at radius 1 is 1.10 bits per heavy atom. The molecule has 21 heavy (non-hydrogen) atoms. The maximum absolute atomic E-state index is 5.76. The van der Waals surface area contributed by atoms with Crippen LogP contribution in [0, 0.1) is 0 Å². The zero-order valence-corrected chi connectivity index (χ0v) is 14.0. The highest BCUT2D eigenvalue weighted by molar-refractivity contribution is 9.10. The van der Waals surface area contributed by atoms with E-state index in [0.29, 0.717) is 4.99 Å². The van der Waals surface area contributed by atoms with Gasteiger partial charge in [0, 0.05) is 27.9 Å². The summed E-state index contributed by atoms with van der Waals surface area (Å²) < 4.78 is 11.4. The zero-order chi connectivity index (χ0) is 15.4. The molecule has 2 aromatic rings. The Kier molecular flexibility index (Phi) is 5.03. The van der Waals surface area contributed by atoms with Crippen molar-refractivity contribution in [2.75, 3.05) is 19.5 Å². The number of thiocarbonyl (C=S) groups is 1. The van der Waals surface area contributed by atoms with Crippen molar-refractivity contribution in [2.45, 2.75) is 0 Å². The van der Waals surface area contributed by atoms with Crippen LogP contribution in [-0.2, 0) is 0 Å². The van der Waals surface area contributed by atoms with E-state index in [1.54, 1.807) is 14.2 Å². The van der Waals surface area contributed by atoms with Gasteiger partial charge >= 0.3 is 0 Å². The van der Waals surface area contributed by atoms with E-state index in [0.717, 1.165) is 32.9 Å². The number of methoxy groups -OCH3 is 2. The highest BCUT2D eigenvalue weighted by atomic mass is 79.9. The summed E-state index contributed by atoms with van der Waals surface area (Å²) in [5.74, 6) is 1.46. The van der Waals surface area contributed by atoms with E-state index in [1.165, 1.54) is 0 Å². The molecule has 0 aliphatic rings. The van der Waals surface area contributed by atoms with Crippen LogP contribution in [0.5, 0.6) is 11.5 Å². The Hall–Kier alpha value is -1.79. The van der Waals surface area contributed by atoms with Crippen molar-refractivity contribution >= 4 is 44.5 Å². The lowest BCUT2D eigenvalue weighted by Gasteiger charge is -2.14. The average molecular weight is 367 g/mol. The highest BCUT2D eigenvalue weighted by Gasteiger charge is 2.08. The SMILES string of the molecule is COc1cc(Br)cc(Nc2cc(OC)ccc2C(N)=S)c1. The van der Waals surface area contributed by atoms with Gasteiger partial charge in [-0.3, -0.25) is 0 Å². The molecule has 2 rings (SSSR count). The van der Waals surface area contributed by atoms with Gasteiger partial charge in [0.05, 0.1) is 19.9 Å². The summed E-state index contributed by atoms with van der Waals surface area (Å²) in [6.45, 7) is 0. The van der Waals surface area contributed by atoms with Gasteiger partial charge in [-0.05, 0) is 24.3 Å². The summed E-state index contributed by atoms with van der Waals surface area (Å²) in [5, 5.41) is 3.29. The molecule has 2 aromatic carbocycles. The van der Waals surface area contributed by atoms with E-state index in [9.17, 15) is 0 Å². The molecule has 0 saturated carbocycles. The molecule has 0 heterocycles. The van der Waals surface area contributed by atoms with Crippen LogP contribution in [0.1, 0.15) is 5.56 Å². The van der Waals surface area contributed by atoms with E-state index in [4.69, 9.17) is 27.4 Å². The molecule has 0 spiro atoms. The normalized spacial score (nSPS) is 10.0. The van der Waals surface area contributed by atoms with E-state index >= 15 is 0 Å². The van der Waals surface area contributed by atoms with Crippen LogP contribution in [0.15, 0.2) is 40.9 Å². The predicted octanol–water partition coefficient (Wildman–Crippen LogP) is 3.84. The molecule has 0 fully saturated rings. The molecule has 0 bridgehead atoms. The van der Waals surface area contributed by atoms with E-state index in [1.807, 2.05) is 36.4 Å². The summed E-state index contributed by atoms with van der Waals surface area (Å²) in [6.07, 6.45) is 0. The van der Waals surface area contributed by atoms with Gasteiger partial charge in [0.15, 0.2) is 0 Å². The van der Waals surface area contributed by atoms with Gasteiger partial charge in [-0.2, -0.15) is 0 Å². The predicted molar refractivity (Wildman–Crippen MR) is 92.9 cm³/mol. The topological polar surface area (TPSA) is 56.5 Å². The first-order chi connectivity index (χ1) is 10.0. The first-order valence-corrected chi connectivity index (χ1v) is 7.33. The van der Waals surface area contributed by atoms with Crippen LogP contribution in [0.4, 0.5) is 11.4 Å². The summed E-state index contributed by atoms with van der Waals surface area (Å²) in [7, 11) is 3.24. The molecular formula is C15H15BrN2O2S. The number of nitrogens with two attached hydrogens (primary N) is 1. The fourth-order valence-electron chi connectivity index (χ4n) is 1.88. The Labute approximate surface area is 137 Å². The van der Waals surface area contributed by atoms with Crippen molar-refractivity contribution in [3.8, 4) is 11.5 Å². The quantitative estimate of drug-likeness (QED) is 0.787. The van der Waals surface area contributed by atoms with Gasteiger partial charge < -0.3 is 20.5 Å².